The normalized spacial score (nSPS) is 17.6. The molecule has 134 valence electrons. The van der Waals surface area contributed by atoms with Crippen LogP contribution in [-0.2, 0) is 24.0 Å². The highest BCUT2D eigenvalue weighted by molar-refractivity contribution is 5.92. The van der Waals surface area contributed by atoms with Gasteiger partial charge in [0.15, 0.2) is 0 Å². The van der Waals surface area contributed by atoms with Crippen molar-refractivity contribution in [2.45, 2.75) is 31.3 Å². The number of nitrogens with two attached hydrogens (primary N) is 1. The zero-order valence-electron chi connectivity index (χ0n) is 13.0. The van der Waals surface area contributed by atoms with E-state index >= 15 is 0 Å². The van der Waals surface area contributed by atoms with Crippen LogP contribution in [-0.4, -0.2) is 66.4 Å². The van der Waals surface area contributed by atoms with Gasteiger partial charge in [-0.05, 0) is 19.4 Å². The summed E-state index contributed by atoms with van der Waals surface area (Å²) < 4.78 is 0. The number of aliphatic carboxylic acids is 1. The Hall–Kier alpha value is -2.69. The van der Waals surface area contributed by atoms with Gasteiger partial charge in [-0.25, -0.2) is 4.79 Å². The summed E-state index contributed by atoms with van der Waals surface area (Å²) in [6.45, 7) is -0.0344. The third kappa shape index (κ3) is 7.05. The van der Waals surface area contributed by atoms with Crippen molar-refractivity contribution < 1.29 is 29.1 Å². The molecule has 0 saturated carbocycles. The van der Waals surface area contributed by atoms with Gasteiger partial charge in [0.25, 0.3) is 0 Å². The largest absolute Gasteiger partial charge is 0.480 e. The zero-order valence-corrected chi connectivity index (χ0v) is 13.0. The molecule has 1 aliphatic heterocycles. The molecule has 0 spiro atoms. The lowest BCUT2D eigenvalue weighted by molar-refractivity contribution is -0.143. The van der Waals surface area contributed by atoms with Crippen LogP contribution in [0.25, 0.3) is 0 Å². The predicted octanol–water partition coefficient (Wildman–Crippen LogP) is -3.58. The minimum absolute atomic E-state index is 0.292. The van der Waals surface area contributed by atoms with E-state index in [0.717, 1.165) is 13.0 Å². The van der Waals surface area contributed by atoms with Gasteiger partial charge in [-0.15, -0.1) is 0 Å². The van der Waals surface area contributed by atoms with E-state index in [-0.39, 0.29) is 18.5 Å². The summed E-state index contributed by atoms with van der Waals surface area (Å²) >= 11 is 0. The average Bonchev–Trinajstić information content (AvgIpc) is 3.03. The molecule has 11 heteroatoms. The molecule has 4 amide bonds. The number of hydrogen-bond donors (Lipinski definition) is 6. The van der Waals surface area contributed by atoms with E-state index in [4.69, 9.17) is 10.8 Å². The zero-order chi connectivity index (χ0) is 18.1. The van der Waals surface area contributed by atoms with Gasteiger partial charge in [-0.2, -0.15) is 0 Å². The van der Waals surface area contributed by atoms with Gasteiger partial charge in [0.05, 0.1) is 25.6 Å². The van der Waals surface area contributed by atoms with Crippen LogP contribution in [0.15, 0.2) is 0 Å². The van der Waals surface area contributed by atoms with Gasteiger partial charge < -0.3 is 32.1 Å². The lowest BCUT2D eigenvalue weighted by Gasteiger charge is -2.14. The van der Waals surface area contributed by atoms with Crippen molar-refractivity contribution in [3.8, 4) is 0 Å². The molecule has 1 fully saturated rings. The highest BCUT2D eigenvalue weighted by atomic mass is 16.4. The van der Waals surface area contributed by atoms with E-state index in [9.17, 15) is 24.0 Å². The number of hydrogen-bond acceptors (Lipinski definition) is 6. The molecule has 0 bridgehead atoms. The number of carbonyl (C=O) groups excluding carboxylic acids is 4. The fourth-order valence-corrected chi connectivity index (χ4v) is 2.09. The van der Waals surface area contributed by atoms with Crippen molar-refractivity contribution in [3.05, 3.63) is 0 Å². The maximum atomic E-state index is 11.7. The van der Waals surface area contributed by atoms with Crippen molar-refractivity contribution in [1.82, 2.24) is 21.3 Å². The summed E-state index contributed by atoms with van der Waals surface area (Å²) in [6, 6.07) is -1.77. The molecule has 2 atom stereocenters. The first-order valence-corrected chi connectivity index (χ1v) is 7.38. The molecule has 0 aliphatic carbocycles. The van der Waals surface area contributed by atoms with Gasteiger partial charge >= 0.3 is 5.97 Å². The summed E-state index contributed by atoms with van der Waals surface area (Å²) in [7, 11) is 0. The molecule has 0 radical (unpaired) electrons. The Morgan fingerprint density at radius 1 is 1.12 bits per heavy atom. The molecule has 1 aliphatic rings. The summed E-state index contributed by atoms with van der Waals surface area (Å²) in [5.74, 6) is -3.97. The second-order valence-electron chi connectivity index (χ2n) is 5.27. The number of primary amides is 1. The third-order valence-electron chi connectivity index (χ3n) is 3.28. The minimum atomic E-state index is -1.46. The van der Waals surface area contributed by atoms with Gasteiger partial charge in [0, 0.05) is 0 Å². The molecule has 0 aromatic rings. The van der Waals surface area contributed by atoms with Crippen molar-refractivity contribution in [2.24, 2.45) is 5.73 Å². The van der Waals surface area contributed by atoms with Crippen molar-refractivity contribution in [2.75, 3.05) is 19.6 Å². The smallest absolute Gasteiger partial charge is 0.326 e. The number of carboxylic acids is 1. The van der Waals surface area contributed by atoms with Crippen molar-refractivity contribution >= 4 is 29.6 Å². The number of carboxylic acid groups (broad SMARTS) is 1. The highest BCUT2D eigenvalue weighted by Gasteiger charge is 2.23. The van der Waals surface area contributed by atoms with Crippen molar-refractivity contribution in [1.29, 1.82) is 0 Å². The fourth-order valence-electron chi connectivity index (χ4n) is 2.09. The lowest BCUT2D eigenvalue weighted by atomic mass is 10.2. The molecular weight excluding hydrogens is 322 g/mol. The quantitative estimate of drug-likeness (QED) is 0.250. The fraction of sp³-hybridized carbons (Fsp3) is 0.615. The topological polar surface area (TPSA) is 180 Å². The molecule has 2 unspecified atom stereocenters. The SMILES string of the molecule is NC(=O)CC(NC(=O)CNC(=O)CNC(=O)C1CCCN1)C(=O)O. The lowest BCUT2D eigenvalue weighted by Crippen LogP contribution is -2.49. The molecule has 24 heavy (non-hydrogen) atoms. The summed E-state index contributed by atoms with van der Waals surface area (Å²) in [5.41, 5.74) is 4.88. The first kappa shape index (κ1) is 19.4. The van der Waals surface area contributed by atoms with E-state index in [1.165, 1.54) is 0 Å². The summed E-state index contributed by atoms with van der Waals surface area (Å²) in [6.07, 6.45) is 1.03. The minimum Gasteiger partial charge on any atom is -0.480 e. The molecule has 0 aromatic heterocycles. The van der Waals surface area contributed by atoms with E-state index in [2.05, 4.69) is 21.3 Å². The van der Waals surface area contributed by atoms with Crippen LogP contribution in [0.1, 0.15) is 19.3 Å². The third-order valence-corrected chi connectivity index (χ3v) is 3.28. The second kappa shape index (κ2) is 9.45. The van der Waals surface area contributed by atoms with E-state index in [1.807, 2.05) is 0 Å². The van der Waals surface area contributed by atoms with Crippen LogP contribution in [0.2, 0.25) is 0 Å². The predicted molar refractivity (Wildman–Crippen MR) is 80.4 cm³/mol. The van der Waals surface area contributed by atoms with Crippen LogP contribution in [0, 0.1) is 0 Å². The summed E-state index contributed by atoms with van der Waals surface area (Å²) in [4.78, 5) is 56.3. The molecule has 0 aromatic carbocycles. The van der Waals surface area contributed by atoms with E-state index < -0.39 is 42.7 Å². The molecule has 1 rings (SSSR count). The maximum Gasteiger partial charge on any atom is 0.326 e. The van der Waals surface area contributed by atoms with E-state index in [1.54, 1.807) is 0 Å². The van der Waals surface area contributed by atoms with Gasteiger partial charge in [-0.3, -0.25) is 19.2 Å². The Balaban J connectivity index is 2.27. The van der Waals surface area contributed by atoms with E-state index in [0.29, 0.717) is 6.42 Å². The van der Waals surface area contributed by atoms with Crippen molar-refractivity contribution in [3.63, 3.8) is 0 Å². The first-order valence-electron chi connectivity index (χ1n) is 7.38. The van der Waals surface area contributed by atoms with Crippen LogP contribution in [0.4, 0.5) is 0 Å². The molecule has 11 nitrogen and oxygen atoms in total. The Morgan fingerprint density at radius 2 is 1.79 bits per heavy atom. The van der Waals surface area contributed by atoms with Crippen LogP contribution in [0.3, 0.4) is 0 Å². The molecule has 7 N–H and O–H groups in total. The highest BCUT2D eigenvalue weighted by Crippen LogP contribution is 2.03. The van der Waals surface area contributed by atoms with Crippen LogP contribution >= 0.6 is 0 Å². The average molecular weight is 343 g/mol. The van der Waals surface area contributed by atoms with Gasteiger partial charge in [-0.1, -0.05) is 0 Å². The second-order valence-corrected chi connectivity index (χ2v) is 5.27. The monoisotopic (exact) mass is 343 g/mol. The number of nitrogens with one attached hydrogen (secondary N) is 4. The molecular formula is C13H21N5O6. The Kier molecular flexibility index (Phi) is 7.62. The standard InChI is InChI=1S/C13H21N5O6/c14-9(19)4-8(13(23)24)18-11(21)6-16-10(20)5-17-12(22)7-2-1-3-15-7/h7-8,15H,1-6H2,(H2,14,19)(H,16,20)(H,17,22)(H,18,21)(H,23,24). The number of carbonyl (C=O) groups is 5. The maximum absolute atomic E-state index is 11.7. The first-order chi connectivity index (χ1) is 11.3. The van der Waals surface area contributed by atoms with Gasteiger partial charge in [0.1, 0.15) is 6.04 Å². The summed E-state index contributed by atoms with van der Waals surface area (Å²) in [5, 5.41) is 18.5. The Bertz CT molecular complexity index is 517. The molecule has 1 saturated heterocycles. The Labute approximate surface area is 137 Å². The number of amides is 4. The van der Waals surface area contributed by atoms with Crippen LogP contribution in [0.5, 0.6) is 0 Å². The van der Waals surface area contributed by atoms with Crippen LogP contribution < -0.4 is 27.0 Å². The number of rotatable bonds is 9. The Morgan fingerprint density at radius 3 is 2.33 bits per heavy atom. The molecule has 1 heterocycles. The van der Waals surface area contributed by atoms with Gasteiger partial charge in [0.2, 0.25) is 23.6 Å².